The first kappa shape index (κ1) is 12.0. The van der Waals surface area contributed by atoms with Gasteiger partial charge in [-0.05, 0) is 6.42 Å². The summed E-state index contributed by atoms with van der Waals surface area (Å²) in [5.41, 5.74) is 1.10. The maximum Gasteiger partial charge on any atom is 0.242 e. The molecule has 1 atom stereocenters. The van der Waals surface area contributed by atoms with Crippen LogP contribution in [0.5, 0.6) is 0 Å². The lowest BCUT2D eigenvalue weighted by molar-refractivity contribution is -0.116. The van der Waals surface area contributed by atoms with Crippen molar-refractivity contribution in [1.29, 1.82) is 0 Å². The Bertz CT molecular complexity index is 410. The highest BCUT2D eigenvalue weighted by molar-refractivity contribution is 9.10. The van der Waals surface area contributed by atoms with Crippen LogP contribution in [0.15, 0.2) is 5.38 Å². The quantitative estimate of drug-likeness (QED) is 0.747. The van der Waals surface area contributed by atoms with Gasteiger partial charge in [0.25, 0.3) is 0 Å². The van der Waals surface area contributed by atoms with Gasteiger partial charge in [0.05, 0.1) is 10.5 Å². The monoisotopic (exact) mass is 302 g/mol. The number of thiazole rings is 1. The molecule has 1 amide bonds. The zero-order chi connectivity index (χ0) is 11.9. The van der Waals surface area contributed by atoms with Crippen LogP contribution < -0.4 is 4.90 Å². The zero-order valence-electron chi connectivity index (χ0n) is 9.66. The second-order valence-corrected chi connectivity index (χ2v) is 6.95. The third-order valence-corrected chi connectivity index (χ3v) is 4.34. The molecule has 0 aliphatic carbocycles. The number of carbonyl (C=O) groups is 1. The van der Waals surface area contributed by atoms with E-state index in [4.69, 9.17) is 0 Å². The Hall–Kier alpha value is -0.420. The summed E-state index contributed by atoms with van der Waals surface area (Å²) in [6.07, 6.45) is 0.864. The van der Waals surface area contributed by atoms with Gasteiger partial charge >= 0.3 is 0 Å². The molecule has 1 unspecified atom stereocenters. The summed E-state index contributed by atoms with van der Waals surface area (Å²) in [7, 11) is 0. The first-order chi connectivity index (χ1) is 7.39. The predicted molar refractivity (Wildman–Crippen MR) is 70.5 cm³/mol. The van der Waals surface area contributed by atoms with Crippen molar-refractivity contribution >= 4 is 38.3 Å². The Labute approximate surface area is 108 Å². The van der Waals surface area contributed by atoms with Crippen molar-refractivity contribution in [2.24, 2.45) is 0 Å². The molecule has 1 aromatic rings. The highest BCUT2D eigenvalue weighted by Gasteiger charge is 2.32. The van der Waals surface area contributed by atoms with E-state index in [9.17, 15) is 4.79 Å². The van der Waals surface area contributed by atoms with Gasteiger partial charge in [-0.2, -0.15) is 0 Å². The average molecular weight is 303 g/mol. The normalized spacial score (nSPS) is 21.9. The Morgan fingerprint density at radius 3 is 2.69 bits per heavy atom. The van der Waals surface area contributed by atoms with Gasteiger partial charge < -0.3 is 0 Å². The molecule has 0 saturated carbocycles. The summed E-state index contributed by atoms with van der Waals surface area (Å²) in [6, 6.07) is 0. The Balaban J connectivity index is 2.23. The van der Waals surface area contributed by atoms with Gasteiger partial charge in [0, 0.05) is 17.3 Å². The van der Waals surface area contributed by atoms with Crippen LogP contribution in [0.25, 0.3) is 0 Å². The van der Waals surface area contributed by atoms with Gasteiger partial charge in [-0.3, -0.25) is 9.69 Å². The SMILES string of the molecule is CC(C)(C)c1csc(N2CCC(Br)C2=O)n1. The van der Waals surface area contributed by atoms with Crippen molar-refractivity contribution in [3.8, 4) is 0 Å². The third kappa shape index (κ3) is 2.15. The summed E-state index contributed by atoms with van der Waals surface area (Å²) in [5, 5.41) is 2.88. The van der Waals surface area contributed by atoms with E-state index in [0.29, 0.717) is 0 Å². The molecule has 2 rings (SSSR count). The number of hydrogen-bond donors (Lipinski definition) is 0. The lowest BCUT2D eigenvalue weighted by Gasteiger charge is -2.15. The van der Waals surface area contributed by atoms with Gasteiger partial charge in [-0.1, -0.05) is 36.7 Å². The molecule has 0 radical (unpaired) electrons. The van der Waals surface area contributed by atoms with Crippen LogP contribution in [-0.2, 0) is 10.2 Å². The molecule has 1 aliphatic heterocycles. The molecule has 3 nitrogen and oxygen atoms in total. The maximum atomic E-state index is 11.8. The number of carbonyl (C=O) groups excluding carboxylic acids is 1. The third-order valence-electron chi connectivity index (χ3n) is 2.63. The van der Waals surface area contributed by atoms with E-state index in [1.807, 2.05) is 5.38 Å². The van der Waals surface area contributed by atoms with Crippen LogP contribution in [0.4, 0.5) is 5.13 Å². The molecule has 16 heavy (non-hydrogen) atoms. The van der Waals surface area contributed by atoms with E-state index in [0.717, 1.165) is 23.8 Å². The summed E-state index contributed by atoms with van der Waals surface area (Å²) < 4.78 is 0. The number of amides is 1. The van der Waals surface area contributed by atoms with E-state index in [1.54, 1.807) is 16.2 Å². The molecule has 5 heteroatoms. The summed E-state index contributed by atoms with van der Waals surface area (Å²) in [4.78, 5) is 18.1. The molecule has 2 heterocycles. The van der Waals surface area contributed by atoms with Gasteiger partial charge in [0.1, 0.15) is 0 Å². The minimum atomic E-state index is -0.0329. The van der Waals surface area contributed by atoms with E-state index < -0.39 is 0 Å². The molecule has 0 aromatic carbocycles. The van der Waals surface area contributed by atoms with E-state index in [2.05, 4.69) is 41.7 Å². The van der Waals surface area contributed by atoms with Gasteiger partial charge in [0.15, 0.2) is 5.13 Å². The molecule has 88 valence electrons. The zero-order valence-corrected chi connectivity index (χ0v) is 12.1. The number of aromatic nitrogens is 1. The fourth-order valence-electron chi connectivity index (χ4n) is 1.57. The lowest BCUT2D eigenvalue weighted by Crippen LogP contribution is -2.27. The first-order valence-electron chi connectivity index (χ1n) is 5.31. The lowest BCUT2D eigenvalue weighted by atomic mass is 9.93. The van der Waals surface area contributed by atoms with Crippen LogP contribution in [0.2, 0.25) is 0 Å². The van der Waals surface area contributed by atoms with E-state index in [-0.39, 0.29) is 16.1 Å². The Morgan fingerprint density at radius 2 is 2.25 bits per heavy atom. The van der Waals surface area contributed by atoms with E-state index >= 15 is 0 Å². The van der Waals surface area contributed by atoms with E-state index in [1.165, 1.54) is 0 Å². The predicted octanol–water partition coefficient (Wildman–Crippen LogP) is 2.94. The smallest absolute Gasteiger partial charge is 0.242 e. The highest BCUT2D eigenvalue weighted by atomic mass is 79.9. The summed E-state index contributed by atoms with van der Waals surface area (Å²) in [6.45, 7) is 7.16. The number of halogens is 1. The van der Waals surface area contributed by atoms with Crippen LogP contribution in [-0.4, -0.2) is 22.3 Å². The van der Waals surface area contributed by atoms with Crippen molar-refractivity contribution in [1.82, 2.24) is 4.98 Å². The molecular formula is C11H15BrN2OS. The minimum absolute atomic E-state index is 0.0329. The van der Waals surface area contributed by atoms with Crippen molar-refractivity contribution in [2.75, 3.05) is 11.4 Å². The second-order valence-electron chi connectivity index (χ2n) is 5.01. The molecule has 0 spiro atoms. The average Bonchev–Trinajstić information content (AvgIpc) is 2.74. The van der Waals surface area contributed by atoms with Crippen molar-refractivity contribution < 1.29 is 4.79 Å². The largest absolute Gasteiger partial charge is 0.287 e. The van der Waals surface area contributed by atoms with Crippen molar-refractivity contribution in [3.63, 3.8) is 0 Å². The van der Waals surface area contributed by atoms with Gasteiger partial charge in [-0.25, -0.2) is 4.98 Å². The Morgan fingerprint density at radius 1 is 1.56 bits per heavy atom. The van der Waals surface area contributed by atoms with Crippen LogP contribution in [0.1, 0.15) is 32.9 Å². The van der Waals surface area contributed by atoms with Crippen molar-refractivity contribution in [2.45, 2.75) is 37.4 Å². The fourth-order valence-corrected chi connectivity index (χ4v) is 3.10. The highest BCUT2D eigenvalue weighted by Crippen LogP contribution is 2.31. The van der Waals surface area contributed by atoms with Crippen LogP contribution in [0.3, 0.4) is 0 Å². The fraction of sp³-hybridized carbons (Fsp3) is 0.636. The topological polar surface area (TPSA) is 33.2 Å². The summed E-state index contributed by atoms with van der Waals surface area (Å²) >= 11 is 4.93. The molecule has 1 fully saturated rings. The number of hydrogen-bond acceptors (Lipinski definition) is 3. The molecule has 1 aliphatic rings. The first-order valence-corrected chi connectivity index (χ1v) is 7.10. The molecule has 1 aromatic heterocycles. The number of rotatable bonds is 1. The standard InChI is InChI=1S/C11H15BrN2OS/c1-11(2,3)8-6-16-10(13-8)14-5-4-7(12)9(14)15/h6-7H,4-5H2,1-3H3. The maximum absolute atomic E-state index is 11.8. The van der Waals surface area contributed by atoms with Crippen LogP contribution >= 0.6 is 27.3 Å². The molecular weight excluding hydrogens is 288 g/mol. The van der Waals surface area contributed by atoms with Crippen molar-refractivity contribution in [3.05, 3.63) is 11.1 Å². The summed E-state index contributed by atoms with van der Waals surface area (Å²) in [5.74, 6) is 0.134. The number of anilines is 1. The second kappa shape index (κ2) is 4.11. The molecule has 1 saturated heterocycles. The number of nitrogens with zero attached hydrogens (tertiary/aromatic N) is 2. The van der Waals surface area contributed by atoms with Crippen LogP contribution in [0, 0.1) is 0 Å². The Kier molecular flexibility index (Phi) is 3.09. The molecule has 0 N–H and O–H groups in total. The van der Waals surface area contributed by atoms with Gasteiger partial charge in [0.2, 0.25) is 5.91 Å². The minimum Gasteiger partial charge on any atom is -0.287 e. The van der Waals surface area contributed by atoms with Gasteiger partial charge in [-0.15, -0.1) is 11.3 Å². The number of alkyl halides is 1. The molecule has 0 bridgehead atoms.